The first kappa shape index (κ1) is 17.4. The zero-order chi connectivity index (χ0) is 15.6. The van der Waals surface area contributed by atoms with Crippen LogP contribution in [0.2, 0.25) is 5.02 Å². The summed E-state index contributed by atoms with van der Waals surface area (Å²) in [5, 5.41) is 2.35. The Balaban J connectivity index is 1.98. The third-order valence-corrected chi connectivity index (χ3v) is 5.24. The van der Waals surface area contributed by atoms with Crippen molar-refractivity contribution in [1.82, 2.24) is 4.98 Å². The molecule has 0 bridgehead atoms. The summed E-state index contributed by atoms with van der Waals surface area (Å²) in [6.07, 6.45) is 9.63. The highest BCUT2D eigenvalue weighted by Crippen LogP contribution is 2.38. The van der Waals surface area contributed by atoms with E-state index in [-0.39, 0.29) is 0 Å². The lowest BCUT2D eigenvalue weighted by molar-refractivity contribution is 0.603. The number of nitrogens with zero attached hydrogens (tertiary/aromatic N) is 1. The third kappa shape index (κ3) is 6.02. The highest BCUT2D eigenvalue weighted by Gasteiger charge is 2.13. The van der Waals surface area contributed by atoms with Crippen molar-refractivity contribution < 1.29 is 0 Å². The SMILES string of the molecule is CCCCCCCC(Sc1ccccn1)c1ccc(Cl)cc1. The van der Waals surface area contributed by atoms with E-state index in [1.54, 1.807) is 0 Å². The lowest BCUT2D eigenvalue weighted by Gasteiger charge is -2.16. The predicted molar refractivity (Wildman–Crippen MR) is 97.7 cm³/mol. The van der Waals surface area contributed by atoms with Crippen molar-refractivity contribution in [2.24, 2.45) is 0 Å². The summed E-state index contributed by atoms with van der Waals surface area (Å²) in [4.78, 5) is 4.46. The van der Waals surface area contributed by atoms with Crippen molar-refractivity contribution in [3.8, 4) is 0 Å². The van der Waals surface area contributed by atoms with E-state index in [1.165, 1.54) is 44.1 Å². The number of rotatable bonds is 9. The van der Waals surface area contributed by atoms with Crippen LogP contribution in [0.1, 0.15) is 56.3 Å². The minimum Gasteiger partial charge on any atom is -0.250 e. The van der Waals surface area contributed by atoms with Gasteiger partial charge >= 0.3 is 0 Å². The van der Waals surface area contributed by atoms with Crippen LogP contribution in [0.4, 0.5) is 0 Å². The maximum Gasteiger partial charge on any atom is 0.0965 e. The van der Waals surface area contributed by atoms with Gasteiger partial charge in [0.2, 0.25) is 0 Å². The number of halogens is 1. The van der Waals surface area contributed by atoms with Gasteiger partial charge in [-0.15, -0.1) is 0 Å². The number of unbranched alkanes of at least 4 members (excludes halogenated alkanes) is 4. The predicted octanol–water partition coefficient (Wildman–Crippen LogP) is 6.93. The summed E-state index contributed by atoms with van der Waals surface area (Å²) in [7, 11) is 0. The van der Waals surface area contributed by atoms with Crippen LogP contribution < -0.4 is 0 Å². The minimum absolute atomic E-state index is 0.453. The van der Waals surface area contributed by atoms with Crippen molar-refractivity contribution in [3.05, 3.63) is 59.2 Å². The molecule has 1 aromatic carbocycles. The van der Waals surface area contributed by atoms with Gasteiger partial charge in [0, 0.05) is 16.5 Å². The van der Waals surface area contributed by atoms with Crippen molar-refractivity contribution in [2.45, 2.75) is 55.7 Å². The van der Waals surface area contributed by atoms with Gasteiger partial charge in [0.05, 0.1) is 5.03 Å². The summed E-state index contributed by atoms with van der Waals surface area (Å²) in [5.41, 5.74) is 1.34. The topological polar surface area (TPSA) is 12.9 Å². The Kier molecular flexibility index (Phi) is 7.82. The van der Waals surface area contributed by atoms with Crippen molar-refractivity contribution in [3.63, 3.8) is 0 Å². The largest absolute Gasteiger partial charge is 0.250 e. The first-order chi connectivity index (χ1) is 10.8. The monoisotopic (exact) mass is 333 g/mol. The molecule has 1 atom stereocenters. The van der Waals surface area contributed by atoms with E-state index in [0.29, 0.717) is 5.25 Å². The lowest BCUT2D eigenvalue weighted by atomic mass is 10.0. The zero-order valence-corrected chi connectivity index (χ0v) is 14.7. The van der Waals surface area contributed by atoms with Gasteiger partial charge in [-0.1, -0.05) is 80.6 Å². The summed E-state index contributed by atoms with van der Waals surface area (Å²) in [5.74, 6) is 0. The second-order valence-corrected chi connectivity index (χ2v) is 7.19. The molecular weight excluding hydrogens is 310 g/mol. The molecule has 0 amide bonds. The molecule has 1 heterocycles. The number of hydrogen-bond acceptors (Lipinski definition) is 2. The molecule has 3 heteroatoms. The summed E-state index contributed by atoms with van der Waals surface area (Å²) >= 11 is 7.88. The molecule has 22 heavy (non-hydrogen) atoms. The van der Waals surface area contributed by atoms with Crippen molar-refractivity contribution in [1.29, 1.82) is 0 Å². The molecule has 0 spiro atoms. The number of aromatic nitrogens is 1. The van der Waals surface area contributed by atoms with Crippen LogP contribution in [0.25, 0.3) is 0 Å². The molecule has 118 valence electrons. The van der Waals surface area contributed by atoms with Gasteiger partial charge in [0.15, 0.2) is 0 Å². The van der Waals surface area contributed by atoms with Crippen LogP contribution in [-0.4, -0.2) is 4.98 Å². The van der Waals surface area contributed by atoms with Gasteiger partial charge < -0.3 is 0 Å². The number of thioether (sulfide) groups is 1. The molecule has 0 radical (unpaired) electrons. The molecule has 2 rings (SSSR count). The molecule has 2 aromatic rings. The zero-order valence-electron chi connectivity index (χ0n) is 13.2. The highest BCUT2D eigenvalue weighted by molar-refractivity contribution is 7.99. The fraction of sp³-hybridized carbons (Fsp3) is 0.421. The van der Waals surface area contributed by atoms with Gasteiger partial charge in [-0.25, -0.2) is 4.98 Å². The minimum atomic E-state index is 0.453. The summed E-state index contributed by atoms with van der Waals surface area (Å²) < 4.78 is 0. The number of hydrogen-bond donors (Lipinski definition) is 0. The summed E-state index contributed by atoms with van der Waals surface area (Å²) in [6.45, 7) is 2.26. The molecule has 1 unspecified atom stereocenters. The fourth-order valence-corrected chi connectivity index (χ4v) is 3.74. The molecule has 1 aromatic heterocycles. The smallest absolute Gasteiger partial charge is 0.0965 e. The molecule has 0 aliphatic carbocycles. The molecule has 0 aliphatic heterocycles. The fourth-order valence-electron chi connectivity index (χ4n) is 2.47. The van der Waals surface area contributed by atoms with E-state index < -0.39 is 0 Å². The Bertz CT molecular complexity index is 527. The van der Waals surface area contributed by atoms with E-state index in [0.717, 1.165) is 10.0 Å². The van der Waals surface area contributed by atoms with Crippen LogP contribution in [-0.2, 0) is 0 Å². The highest BCUT2D eigenvalue weighted by atomic mass is 35.5. The second-order valence-electron chi connectivity index (χ2n) is 5.53. The van der Waals surface area contributed by atoms with E-state index in [4.69, 9.17) is 11.6 Å². The Morgan fingerprint density at radius 2 is 1.77 bits per heavy atom. The van der Waals surface area contributed by atoms with Crippen LogP contribution >= 0.6 is 23.4 Å². The van der Waals surface area contributed by atoms with Crippen LogP contribution in [0.5, 0.6) is 0 Å². The third-order valence-electron chi connectivity index (χ3n) is 3.71. The molecular formula is C19H24ClNS. The molecule has 0 fully saturated rings. The molecule has 0 aliphatic rings. The maximum atomic E-state index is 6.02. The second kappa shape index (κ2) is 9.91. The van der Waals surface area contributed by atoms with Gasteiger partial charge in [-0.3, -0.25) is 0 Å². The quantitative estimate of drug-likeness (QED) is 0.364. The molecule has 0 saturated carbocycles. The van der Waals surface area contributed by atoms with Crippen molar-refractivity contribution in [2.75, 3.05) is 0 Å². The first-order valence-corrected chi connectivity index (χ1v) is 9.38. The Labute approximate surface area is 143 Å². The van der Waals surface area contributed by atoms with E-state index >= 15 is 0 Å². The van der Waals surface area contributed by atoms with Gasteiger partial charge in [0.1, 0.15) is 0 Å². The Hall–Kier alpha value is -0.990. The van der Waals surface area contributed by atoms with E-state index in [2.05, 4.69) is 36.2 Å². The maximum absolute atomic E-state index is 6.02. The number of benzene rings is 1. The number of pyridine rings is 1. The summed E-state index contributed by atoms with van der Waals surface area (Å²) in [6, 6.07) is 14.4. The van der Waals surface area contributed by atoms with Gasteiger partial charge in [-0.05, 0) is 36.2 Å². The molecule has 0 N–H and O–H groups in total. The average Bonchev–Trinajstić information content (AvgIpc) is 2.55. The molecule has 1 nitrogen and oxygen atoms in total. The van der Waals surface area contributed by atoms with E-state index in [1.807, 2.05) is 36.2 Å². The first-order valence-electron chi connectivity index (χ1n) is 8.12. The van der Waals surface area contributed by atoms with Crippen LogP contribution in [0.15, 0.2) is 53.7 Å². The van der Waals surface area contributed by atoms with E-state index in [9.17, 15) is 0 Å². The average molecular weight is 334 g/mol. The van der Waals surface area contributed by atoms with Crippen LogP contribution in [0.3, 0.4) is 0 Å². The van der Waals surface area contributed by atoms with Gasteiger partial charge in [0.25, 0.3) is 0 Å². The normalized spacial score (nSPS) is 12.3. The standard InChI is InChI=1S/C19H24ClNS/c1-2-3-4-5-6-9-18(16-11-13-17(20)14-12-16)22-19-10-7-8-15-21-19/h7-8,10-15,18H,2-6,9H2,1H3. The Morgan fingerprint density at radius 1 is 1.00 bits per heavy atom. The Morgan fingerprint density at radius 3 is 2.45 bits per heavy atom. The molecule has 0 saturated heterocycles. The van der Waals surface area contributed by atoms with Crippen LogP contribution in [0, 0.1) is 0 Å². The van der Waals surface area contributed by atoms with Crippen molar-refractivity contribution >= 4 is 23.4 Å². The van der Waals surface area contributed by atoms with Gasteiger partial charge in [-0.2, -0.15) is 0 Å². The lowest BCUT2D eigenvalue weighted by Crippen LogP contribution is -1.96.